The maximum absolute atomic E-state index is 12.8. The summed E-state index contributed by atoms with van der Waals surface area (Å²) in [6.45, 7) is 6.54. The molecule has 1 amide bonds. The summed E-state index contributed by atoms with van der Waals surface area (Å²) in [6.07, 6.45) is 1.36. The van der Waals surface area contributed by atoms with Crippen LogP contribution in [0.2, 0.25) is 0 Å². The average molecular weight is 375 g/mol. The Hall–Kier alpha value is -0.960. The highest BCUT2D eigenvalue weighted by atomic mass is 32.2. The van der Waals surface area contributed by atoms with Gasteiger partial charge in [-0.3, -0.25) is 4.79 Å². The number of sulfonamides is 1. The van der Waals surface area contributed by atoms with Crippen LogP contribution >= 0.6 is 11.3 Å². The molecule has 1 aromatic heterocycles. The van der Waals surface area contributed by atoms with Crippen molar-refractivity contribution in [3.63, 3.8) is 0 Å². The third-order valence-electron chi connectivity index (χ3n) is 4.29. The molecule has 0 aromatic carbocycles. The molecule has 1 fully saturated rings. The molecule has 6 nitrogen and oxygen atoms in total. The summed E-state index contributed by atoms with van der Waals surface area (Å²) in [5.74, 6) is -0.412. The molecule has 1 atom stereocenters. The highest BCUT2D eigenvalue weighted by molar-refractivity contribution is 7.91. The van der Waals surface area contributed by atoms with Gasteiger partial charge >= 0.3 is 0 Å². The SMILES string of the molecule is Cc1ccc(S(=O)(=O)N2CCC[C@H](C(=O)N(CCO)C(C)C)C2)s1. The molecule has 8 heteroatoms. The van der Waals surface area contributed by atoms with E-state index < -0.39 is 10.0 Å². The molecule has 0 spiro atoms. The lowest BCUT2D eigenvalue weighted by Crippen LogP contribution is -2.49. The summed E-state index contributed by atoms with van der Waals surface area (Å²) in [4.78, 5) is 15.3. The summed E-state index contributed by atoms with van der Waals surface area (Å²) < 4.78 is 27.3. The van der Waals surface area contributed by atoms with E-state index in [1.807, 2.05) is 20.8 Å². The Kier molecular flexibility index (Phi) is 6.41. The monoisotopic (exact) mass is 374 g/mol. The molecule has 2 rings (SSSR count). The fraction of sp³-hybridized carbons (Fsp3) is 0.688. The average Bonchev–Trinajstić information content (AvgIpc) is 2.99. The van der Waals surface area contributed by atoms with Crippen LogP contribution in [0.1, 0.15) is 31.6 Å². The van der Waals surface area contributed by atoms with Crippen molar-refractivity contribution in [2.24, 2.45) is 5.92 Å². The number of carbonyl (C=O) groups is 1. The van der Waals surface area contributed by atoms with Crippen LogP contribution in [0.5, 0.6) is 0 Å². The van der Waals surface area contributed by atoms with Crippen LogP contribution in [-0.2, 0) is 14.8 Å². The normalized spacial score (nSPS) is 19.6. The molecule has 24 heavy (non-hydrogen) atoms. The molecule has 2 heterocycles. The molecule has 0 radical (unpaired) electrons. The zero-order valence-corrected chi connectivity index (χ0v) is 16.1. The van der Waals surface area contributed by atoms with Gasteiger partial charge in [0.05, 0.1) is 12.5 Å². The van der Waals surface area contributed by atoms with Gasteiger partial charge in [-0.1, -0.05) is 0 Å². The Morgan fingerprint density at radius 2 is 2.17 bits per heavy atom. The fourth-order valence-electron chi connectivity index (χ4n) is 3.01. The predicted octanol–water partition coefficient (Wildman–Crippen LogP) is 1.69. The van der Waals surface area contributed by atoms with E-state index in [1.54, 1.807) is 17.0 Å². The number of aliphatic hydroxyl groups excluding tert-OH is 1. The molecule has 1 N–H and O–H groups in total. The van der Waals surface area contributed by atoms with Crippen molar-refractivity contribution >= 4 is 27.3 Å². The molecule has 0 bridgehead atoms. The molecule has 0 aliphatic carbocycles. The number of aliphatic hydroxyl groups is 1. The topological polar surface area (TPSA) is 77.9 Å². The van der Waals surface area contributed by atoms with Crippen LogP contribution in [0.15, 0.2) is 16.3 Å². The first-order valence-corrected chi connectivity index (χ1v) is 10.5. The standard InChI is InChI=1S/C16H26N2O4S2/c1-12(2)18(9-10-19)16(20)14-5-4-8-17(11-14)24(21,22)15-7-6-13(3)23-15/h6-7,12,14,19H,4-5,8-11H2,1-3H3/t14-/m0/s1. The van der Waals surface area contributed by atoms with Gasteiger partial charge in [0, 0.05) is 30.6 Å². The van der Waals surface area contributed by atoms with Crippen LogP contribution in [0.25, 0.3) is 0 Å². The molecule has 0 saturated carbocycles. The summed E-state index contributed by atoms with van der Waals surface area (Å²) in [6, 6.07) is 3.41. The Morgan fingerprint density at radius 1 is 1.46 bits per heavy atom. The number of rotatable bonds is 6. The van der Waals surface area contributed by atoms with Crippen molar-refractivity contribution in [2.45, 2.75) is 43.9 Å². The third-order valence-corrected chi connectivity index (χ3v) is 7.62. The van der Waals surface area contributed by atoms with Crippen LogP contribution in [0.3, 0.4) is 0 Å². The minimum Gasteiger partial charge on any atom is -0.395 e. The molecule has 1 saturated heterocycles. The molecule has 136 valence electrons. The van der Waals surface area contributed by atoms with Gasteiger partial charge in [0.1, 0.15) is 4.21 Å². The molecule has 1 aromatic rings. The largest absolute Gasteiger partial charge is 0.395 e. The van der Waals surface area contributed by atoms with E-state index in [9.17, 15) is 13.2 Å². The van der Waals surface area contributed by atoms with E-state index in [1.165, 1.54) is 15.6 Å². The summed E-state index contributed by atoms with van der Waals surface area (Å²) >= 11 is 1.26. The van der Waals surface area contributed by atoms with Gasteiger partial charge in [0.15, 0.2) is 0 Å². The van der Waals surface area contributed by atoms with E-state index >= 15 is 0 Å². The first kappa shape index (κ1) is 19.4. The second-order valence-corrected chi connectivity index (χ2v) is 9.87. The van der Waals surface area contributed by atoms with Crippen LogP contribution < -0.4 is 0 Å². The number of hydrogen-bond donors (Lipinski definition) is 1. The van der Waals surface area contributed by atoms with Crippen molar-refractivity contribution in [1.29, 1.82) is 0 Å². The van der Waals surface area contributed by atoms with Crippen molar-refractivity contribution in [3.8, 4) is 0 Å². The number of piperidine rings is 1. The Bertz CT molecular complexity index is 669. The lowest BCUT2D eigenvalue weighted by molar-refractivity contribution is -0.139. The maximum atomic E-state index is 12.8. The maximum Gasteiger partial charge on any atom is 0.252 e. The van der Waals surface area contributed by atoms with Crippen molar-refractivity contribution in [2.75, 3.05) is 26.2 Å². The van der Waals surface area contributed by atoms with Crippen molar-refractivity contribution in [3.05, 3.63) is 17.0 Å². The van der Waals surface area contributed by atoms with Gasteiger partial charge in [0.2, 0.25) is 5.91 Å². The molecular weight excluding hydrogens is 348 g/mol. The Balaban J connectivity index is 2.15. The minimum absolute atomic E-state index is 0.0171. The van der Waals surface area contributed by atoms with E-state index in [0.29, 0.717) is 23.6 Å². The van der Waals surface area contributed by atoms with Gasteiger partial charge < -0.3 is 10.0 Å². The summed E-state index contributed by atoms with van der Waals surface area (Å²) in [5.41, 5.74) is 0. The first-order valence-electron chi connectivity index (χ1n) is 8.25. The number of amides is 1. The number of hydrogen-bond acceptors (Lipinski definition) is 5. The zero-order valence-electron chi connectivity index (χ0n) is 14.4. The van der Waals surface area contributed by atoms with E-state index in [0.717, 1.165) is 4.88 Å². The first-order chi connectivity index (χ1) is 11.3. The van der Waals surface area contributed by atoms with E-state index in [4.69, 9.17) is 5.11 Å². The highest BCUT2D eigenvalue weighted by Gasteiger charge is 2.36. The number of aryl methyl sites for hydroxylation is 1. The molecule has 1 aliphatic rings. The second kappa shape index (κ2) is 7.95. The van der Waals surface area contributed by atoms with Gasteiger partial charge in [0.25, 0.3) is 10.0 Å². The highest BCUT2D eigenvalue weighted by Crippen LogP contribution is 2.29. The summed E-state index contributed by atoms with van der Waals surface area (Å²) in [7, 11) is -3.53. The lowest BCUT2D eigenvalue weighted by atomic mass is 9.97. The molecule has 1 aliphatic heterocycles. The smallest absolute Gasteiger partial charge is 0.252 e. The van der Waals surface area contributed by atoms with Crippen molar-refractivity contribution < 1.29 is 18.3 Å². The number of nitrogens with zero attached hydrogens (tertiary/aromatic N) is 2. The predicted molar refractivity (Wildman–Crippen MR) is 94.5 cm³/mol. The van der Waals surface area contributed by atoms with Crippen molar-refractivity contribution in [1.82, 2.24) is 9.21 Å². The van der Waals surface area contributed by atoms with Gasteiger partial charge in [-0.2, -0.15) is 4.31 Å². The zero-order chi connectivity index (χ0) is 17.9. The Morgan fingerprint density at radius 3 is 2.71 bits per heavy atom. The number of thiophene rings is 1. The van der Waals surface area contributed by atoms with E-state index in [2.05, 4.69) is 0 Å². The second-order valence-electron chi connectivity index (χ2n) is 6.42. The van der Waals surface area contributed by atoms with Gasteiger partial charge in [-0.05, 0) is 45.7 Å². The molecular formula is C16H26N2O4S2. The van der Waals surface area contributed by atoms with Gasteiger partial charge in [-0.15, -0.1) is 11.3 Å². The van der Waals surface area contributed by atoms with Gasteiger partial charge in [-0.25, -0.2) is 8.42 Å². The quantitative estimate of drug-likeness (QED) is 0.822. The van der Waals surface area contributed by atoms with Crippen LogP contribution in [0, 0.1) is 12.8 Å². The lowest BCUT2D eigenvalue weighted by Gasteiger charge is -2.35. The van der Waals surface area contributed by atoms with Crippen LogP contribution in [-0.4, -0.2) is 60.9 Å². The Labute approximate surface area is 148 Å². The van der Waals surface area contributed by atoms with E-state index in [-0.39, 0.29) is 37.6 Å². The number of carbonyl (C=O) groups excluding carboxylic acids is 1. The minimum atomic E-state index is -3.53. The third kappa shape index (κ3) is 4.17. The summed E-state index contributed by atoms with van der Waals surface area (Å²) in [5, 5.41) is 9.17. The fourth-order valence-corrected chi connectivity index (χ4v) is 5.97. The molecule has 0 unspecified atom stereocenters. The van der Waals surface area contributed by atoms with Crippen LogP contribution in [0.4, 0.5) is 0 Å².